The molecule has 25 heavy (non-hydrogen) atoms. The van der Waals surface area contributed by atoms with Gasteiger partial charge in [-0.05, 0) is 54.5 Å². The summed E-state index contributed by atoms with van der Waals surface area (Å²) < 4.78 is 26.2. The summed E-state index contributed by atoms with van der Waals surface area (Å²) in [7, 11) is -3.19. The minimum Gasteiger partial charge on any atom is -0.477 e. The van der Waals surface area contributed by atoms with Crippen molar-refractivity contribution in [3.8, 4) is 0 Å². The first-order valence-corrected chi connectivity index (χ1v) is 10.1. The SMILES string of the molecule is CC(C)Cc1cc(C(=O)O)n(Cc2ccc(S(=O)(=O)C3CC3)cc2)c1. The minimum absolute atomic E-state index is 0.222. The summed E-state index contributed by atoms with van der Waals surface area (Å²) in [5, 5.41) is 9.19. The topological polar surface area (TPSA) is 76.4 Å². The molecule has 6 heteroatoms. The smallest absolute Gasteiger partial charge is 0.352 e. The Kier molecular flexibility index (Phi) is 4.73. The molecule has 0 saturated heterocycles. The molecule has 1 aliphatic rings. The highest BCUT2D eigenvalue weighted by Gasteiger charge is 2.36. The van der Waals surface area contributed by atoms with Gasteiger partial charge in [-0.15, -0.1) is 0 Å². The zero-order valence-electron chi connectivity index (χ0n) is 14.5. The third kappa shape index (κ3) is 3.95. The fraction of sp³-hybridized carbons (Fsp3) is 0.421. The zero-order chi connectivity index (χ0) is 18.2. The molecule has 1 N–H and O–H groups in total. The Bertz CT molecular complexity index is 875. The minimum atomic E-state index is -3.19. The summed E-state index contributed by atoms with van der Waals surface area (Å²) in [6.45, 7) is 4.59. The van der Waals surface area contributed by atoms with Gasteiger partial charge in [-0.25, -0.2) is 13.2 Å². The van der Waals surface area contributed by atoms with Crippen molar-refractivity contribution in [1.82, 2.24) is 4.57 Å². The van der Waals surface area contributed by atoms with Gasteiger partial charge in [0.15, 0.2) is 9.84 Å². The summed E-state index contributed by atoms with van der Waals surface area (Å²) in [6.07, 6.45) is 4.19. The van der Waals surface area contributed by atoms with Gasteiger partial charge >= 0.3 is 5.97 Å². The van der Waals surface area contributed by atoms with Crippen LogP contribution >= 0.6 is 0 Å². The average molecular weight is 361 g/mol. The lowest BCUT2D eigenvalue weighted by Crippen LogP contribution is -2.09. The molecule has 0 unspecified atom stereocenters. The molecule has 1 aliphatic carbocycles. The number of sulfone groups is 1. The Hall–Kier alpha value is -2.08. The first kappa shape index (κ1) is 17.7. The lowest BCUT2D eigenvalue weighted by atomic mass is 10.1. The van der Waals surface area contributed by atoms with E-state index in [2.05, 4.69) is 13.8 Å². The molecule has 0 atom stereocenters. The van der Waals surface area contributed by atoms with Crippen LogP contribution in [0.5, 0.6) is 0 Å². The number of benzene rings is 1. The predicted molar refractivity (Wildman–Crippen MR) is 95.7 cm³/mol. The van der Waals surface area contributed by atoms with Gasteiger partial charge in [0.05, 0.1) is 10.1 Å². The van der Waals surface area contributed by atoms with Gasteiger partial charge in [-0.1, -0.05) is 26.0 Å². The molecule has 0 amide bonds. The summed E-state index contributed by atoms with van der Waals surface area (Å²) in [4.78, 5) is 11.8. The molecule has 1 heterocycles. The fourth-order valence-corrected chi connectivity index (χ4v) is 4.67. The Morgan fingerprint density at radius 1 is 1.20 bits per heavy atom. The number of carboxylic acid groups (broad SMARTS) is 1. The van der Waals surface area contributed by atoms with Crippen molar-refractivity contribution in [2.24, 2.45) is 5.92 Å². The van der Waals surface area contributed by atoms with Gasteiger partial charge in [-0.3, -0.25) is 0 Å². The standard InChI is InChI=1S/C19H23NO4S/c1-13(2)9-15-10-18(19(21)22)20(12-15)11-14-3-5-16(6-4-14)25(23,24)17-7-8-17/h3-6,10,12-13,17H,7-9,11H2,1-2H3,(H,21,22). The number of hydrogen-bond donors (Lipinski definition) is 1. The van der Waals surface area contributed by atoms with Gasteiger partial charge in [0.2, 0.25) is 0 Å². The van der Waals surface area contributed by atoms with E-state index in [0.29, 0.717) is 17.4 Å². The number of aromatic carboxylic acids is 1. The van der Waals surface area contributed by atoms with Crippen molar-refractivity contribution in [3.63, 3.8) is 0 Å². The second kappa shape index (κ2) is 6.67. The fourth-order valence-electron chi connectivity index (χ4n) is 3.02. The van der Waals surface area contributed by atoms with Crippen LogP contribution in [-0.4, -0.2) is 29.3 Å². The van der Waals surface area contributed by atoms with E-state index < -0.39 is 15.8 Å². The van der Waals surface area contributed by atoms with E-state index in [9.17, 15) is 18.3 Å². The van der Waals surface area contributed by atoms with E-state index >= 15 is 0 Å². The van der Waals surface area contributed by atoms with E-state index in [0.717, 1.165) is 30.4 Å². The number of hydrogen-bond acceptors (Lipinski definition) is 3. The van der Waals surface area contributed by atoms with Crippen molar-refractivity contribution in [2.75, 3.05) is 0 Å². The van der Waals surface area contributed by atoms with Gasteiger partial charge < -0.3 is 9.67 Å². The summed E-state index contributed by atoms with van der Waals surface area (Å²) in [5.41, 5.74) is 2.13. The van der Waals surface area contributed by atoms with Crippen molar-refractivity contribution >= 4 is 15.8 Å². The van der Waals surface area contributed by atoms with E-state index in [-0.39, 0.29) is 10.9 Å². The van der Waals surface area contributed by atoms with Crippen LogP contribution < -0.4 is 0 Å². The van der Waals surface area contributed by atoms with E-state index in [1.807, 2.05) is 6.20 Å². The van der Waals surface area contributed by atoms with Crippen molar-refractivity contribution in [1.29, 1.82) is 0 Å². The molecule has 3 rings (SSSR count). The molecule has 1 aromatic heterocycles. The van der Waals surface area contributed by atoms with Crippen LogP contribution in [0.1, 0.15) is 48.3 Å². The summed E-state index contributed by atoms with van der Waals surface area (Å²) in [6, 6.07) is 8.50. The molecule has 134 valence electrons. The molecule has 1 aromatic carbocycles. The van der Waals surface area contributed by atoms with Crippen LogP contribution in [0.3, 0.4) is 0 Å². The lowest BCUT2D eigenvalue weighted by Gasteiger charge is -2.08. The van der Waals surface area contributed by atoms with E-state index in [1.165, 1.54) is 0 Å². The number of rotatable bonds is 7. The Balaban J connectivity index is 1.82. The monoisotopic (exact) mass is 361 g/mol. The summed E-state index contributed by atoms with van der Waals surface area (Å²) >= 11 is 0. The maximum Gasteiger partial charge on any atom is 0.352 e. The molecule has 0 bridgehead atoms. The predicted octanol–water partition coefficient (Wildman–Crippen LogP) is 3.37. The normalized spacial score (nSPS) is 14.8. The molecule has 1 saturated carbocycles. The molecule has 0 aliphatic heterocycles. The molecule has 0 radical (unpaired) electrons. The second-order valence-corrected chi connectivity index (χ2v) is 9.38. The highest BCUT2D eigenvalue weighted by molar-refractivity contribution is 7.92. The van der Waals surface area contributed by atoms with Crippen molar-refractivity contribution in [2.45, 2.75) is 49.8 Å². The number of carbonyl (C=O) groups is 1. The van der Waals surface area contributed by atoms with E-state index in [4.69, 9.17) is 0 Å². The molecule has 0 spiro atoms. The highest BCUT2D eigenvalue weighted by atomic mass is 32.2. The lowest BCUT2D eigenvalue weighted by molar-refractivity contribution is 0.0685. The zero-order valence-corrected chi connectivity index (χ0v) is 15.3. The van der Waals surface area contributed by atoms with Gasteiger partial charge in [0, 0.05) is 12.7 Å². The third-order valence-electron chi connectivity index (χ3n) is 4.38. The first-order valence-electron chi connectivity index (χ1n) is 8.52. The molecular formula is C19H23NO4S. The number of carboxylic acids is 1. The third-order valence-corrected chi connectivity index (χ3v) is 6.66. The maximum atomic E-state index is 12.2. The van der Waals surface area contributed by atoms with Crippen LogP contribution in [0, 0.1) is 5.92 Å². The molecule has 2 aromatic rings. The molecule has 5 nitrogen and oxygen atoms in total. The van der Waals surface area contributed by atoms with Gasteiger partial charge in [0.25, 0.3) is 0 Å². The van der Waals surface area contributed by atoms with Gasteiger partial charge in [-0.2, -0.15) is 0 Å². The van der Waals surface area contributed by atoms with Gasteiger partial charge in [0.1, 0.15) is 5.69 Å². The summed E-state index contributed by atoms with van der Waals surface area (Å²) in [5.74, 6) is -0.507. The van der Waals surface area contributed by atoms with Crippen LogP contribution in [0.15, 0.2) is 41.4 Å². The average Bonchev–Trinajstić information content (AvgIpc) is 3.31. The number of nitrogens with zero attached hydrogens (tertiary/aromatic N) is 1. The quantitative estimate of drug-likeness (QED) is 0.820. The number of aromatic nitrogens is 1. The Morgan fingerprint density at radius 2 is 1.84 bits per heavy atom. The molecule has 1 fully saturated rings. The van der Waals surface area contributed by atoms with Crippen molar-refractivity contribution < 1.29 is 18.3 Å². The van der Waals surface area contributed by atoms with Crippen LogP contribution in [0.4, 0.5) is 0 Å². The van der Waals surface area contributed by atoms with Crippen LogP contribution in [0.2, 0.25) is 0 Å². The largest absolute Gasteiger partial charge is 0.477 e. The second-order valence-electron chi connectivity index (χ2n) is 7.15. The first-order chi connectivity index (χ1) is 11.8. The Morgan fingerprint density at radius 3 is 2.36 bits per heavy atom. The van der Waals surface area contributed by atoms with Crippen molar-refractivity contribution in [3.05, 3.63) is 53.3 Å². The highest BCUT2D eigenvalue weighted by Crippen LogP contribution is 2.33. The Labute approximate surface area is 148 Å². The van der Waals surface area contributed by atoms with Crippen LogP contribution in [0.25, 0.3) is 0 Å². The maximum absolute atomic E-state index is 12.2. The van der Waals surface area contributed by atoms with Crippen LogP contribution in [-0.2, 0) is 22.8 Å². The van der Waals surface area contributed by atoms with E-state index in [1.54, 1.807) is 34.9 Å². The molecular weight excluding hydrogens is 338 g/mol.